The first-order valence-corrected chi connectivity index (χ1v) is 6.69. The molecule has 1 aromatic carbocycles. The molecule has 0 atom stereocenters. The maximum absolute atomic E-state index is 2.57. The van der Waals surface area contributed by atoms with Gasteiger partial charge < -0.3 is 4.90 Å². The van der Waals surface area contributed by atoms with Gasteiger partial charge in [0.1, 0.15) is 0 Å². The van der Waals surface area contributed by atoms with E-state index < -0.39 is 0 Å². The van der Waals surface area contributed by atoms with Crippen LogP contribution in [0, 0.1) is 0 Å². The molecule has 0 radical (unpaired) electrons. The van der Waals surface area contributed by atoms with Crippen molar-refractivity contribution in [2.24, 2.45) is 0 Å². The van der Waals surface area contributed by atoms with E-state index in [1.165, 1.54) is 43.5 Å². The van der Waals surface area contributed by atoms with Crippen molar-refractivity contribution >= 4 is 0 Å². The van der Waals surface area contributed by atoms with Gasteiger partial charge in [-0.1, -0.05) is 30.7 Å². The van der Waals surface area contributed by atoms with Crippen LogP contribution in [-0.4, -0.2) is 37.0 Å². The van der Waals surface area contributed by atoms with Gasteiger partial charge in [-0.25, -0.2) is 0 Å². The minimum absolute atomic E-state index is 1.03. The molecule has 0 aliphatic carbocycles. The SMILES string of the molecule is CN(C)Cc1ccc(CN2CCCCC2)cc1. The zero-order valence-electron chi connectivity index (χ0n) is 11.2. The van der Waals surface area contributed by atoms with Gasteiger partial charge in [-0.05, 0) is 51.2 Å². The monoisotopic (exact) mass is 232 g/mol. The van der Waals surface area contributed by atoms with Crippen LogP contribution < -0.4 is 0 Å². The fourth-order valence-electron chi connectivity index (χ4n) is 2.49. The van der Waals surface area contributed by atoms with Crippen LogP contribution in [0.5, 0.6) is 0 Å². The Labute approximate surface area is 105 Å². The van der Waals surface area contributed by atoms with Crippen molar-refractivity contribution in [1.29, 1.82) is 0 Å². The minimum atomic E-state index is 1.03. The first-order chi connectivity index (χ1) is 8.24. The molecular formula is C15H24N2. The summed E-state index contributed by atoms with van der Waals surface area (Å²) in [5.74, 6) is 0. The fourth-order valence-corrected chi connectivity index (χ4v) is 2.49. The lowest BCUT2D eigenvalue weighted by Crippen LogP contribution is -2.29. The summed E-state index contributed by atoms with van der Waals surface area (Å²) in [6, 6.07) is 9.10. The Morgan fingerprint density at radius 3 is 2.12 bits per heavy atom. The van der Waals surface area contributed by atoms with Gasteiger partial charge in [0.2, 0.25) is 0 Å². The second-order valence-electron chi connectivity index (χ2n) is 5.39. The van der Waals surface area contributed by atoms with Gasteiger partial charge in [0.15, 0.2) is 0 Å². The lowest BCUT2D eigenvalue weighted by molar-refractivity contribution is 0.221. The third kappa shape index (κ3) is 4.14. The zero-order valence-corrected chi connectivity index (χ0v) is 11.2. The Bertz CT molecular complexity index is 323. The highest BCUT2D eigenvalue weighted by Gasteiger charge is 2.10. The molecule has 0 saturated carbocycles. The largest absolute Gasteiger partial charge is 0.305 e. The smallest absolute Gasteiger partial charge is 0.0233 e. The molecule has 2 heteroatoms. The molecule has 0 amide bonds. The molecule has 0 aromatic heterocycles. The highest BCUT2D eigenvalue weighted by atomic mass is 15.1. The second-order valence-corrected chi connectivity index (χ2v) is 5.39. The van der Waals surface area contributed by atoms with E-state index in [1.54, 1.807) is 0 Å². The number of hydrogen-bond acceptors (Lipinski definition) is 2. The summed E-state index contributed by atoms with van der Waals surface area (Å²) in [4.78, 5) is 4.78. The molecule has 17 heavy (non-hydrogen) atoms. The molecule has 94 valence electrons. The molecule has 0 spiro atoms. The lowest BCUT2D eigenvalue weighted by Gasteiger charge is -2.26. The van der Waals surface area contributed by atoms with Crippen molar-refractivity contribution in [2.75, 3.05) is 27.2 Å². The van der Waals surface area contributed by atoms with Gasteiger partial charge in [0.05, 0.1) is 0 Å². The number of piperidine rings is 1. The van der Waals surface area contributed by atoms with Crippen molar-refractivity contribution in [3.8, 4) is 0 Å². The summed E-state index contributed by atoms with van der Waals surface area (Å²) >= 11 is 0. The van der Waals surface area contributed by atoms with Crippen molar-refractivity contribution < 1.29 is 0 Å². The summed E-state index contributed by atoms with van der Waals surface area (Å²) < 4.78 is 0. The molecule has 2 rings (SSSR count). The second kappa shape index (κ2) is 6.18. The first-order valence-electron chi connectivity index (χ1n) is 6.69. The summed E-state index contributed by atoms with van der Waals surface area (Å²) in [5, 5.41) is 0. The fraction of sp³-hybridized carbons (Fsp3) is 0.600. The highest BCUT2D eigenvalue weighted by Crippen LogP contribution is 2.13. The van der Waals surface area contributed by atoms with E-state index in [0.717, 1.165) is 13.1 Å². The lowest BCUT2D eigenvalue weighted by atomic mass is 10.1. The topological polar surface area (TPSA) is 6.48 Å². The van der Waals surface area contributed by atoms with Crippen LogP contribution in [0.2, 0.25) is 0 Å². The predicted molar refractivity (Wildman–Crippen MR) is 73.0 cm³/mol. The van der Waals surface area contributed by atoms with E-state index in [-0.39, 0.29) is 0 Å². The highest BCUT2D eigenvalue weighted by molar-refractivity contribution is 5.22. The maximum atomic E-state index is 2.57. The van der Waals surface area contributed by atoms with Crippen molar-refractivity contribution in [3.05, 3.63) is 35.4 Å². The summed E-state index contributed by atoms with van der Waals surface area (Å²) in [5.41, 5.74) is 2.85. The van der Waals surface area contributed by atoms with E-state index in [0.29, 0.717) is 0 Å². The van der Waals surface area contributed by atoms with Gasteiger partial charge >= 0.3 is 0 Å². The number of nitrogens with zero attached hydrogens (tertiary/aromatic N) is 2. The van der Waals surface area contributed by atoms with E-state index in [4.69, 9.17) is 0 Å². The van der Waals surface area contributed by atoms with Crippen LogP contribution in [0.3, 0.4) is 0 Å². The molecule has 1 aliphatic heterocycles. The molecule has 1 aromatic rings. The summed E-state index contributed by atoms with van der Waals surface area (Å²) in [7, 11) is 4.23. The van der Waals surface area contributed by atoms with Crippen LogP contribution in [0.15, 0.2) is 24.3 Å². The standard InChI is InChI=1S/C15H24N2/c1-16(2)12-14-6-8-15(9-7-14)13-17-10-4-3-5-11-17/h6-9H,3-5,10-13H2,1-2H3. The Morgan fingerprint density at radius 2 is 1.53 bits per heavy atom. The van der Waals surface area contributed by atoms with Crippen LogP contribution in [0.1, 0.15) is 30.4 Å². The summed E-state index contributed by atoms with van der Waals surface area (Å²) in [6.45, 7) is 4.71. The van der Waals surface area contributed by atoms with Gasteiger partial charge in [-0.3, -0.25) is 4.90 Å². The van der Waals surface area contributed by atoms with E-state index in [1.807, 2.05) is 0 Å². The van der Waals surface area contributed by atoms with E-state index >= 15 is 0 Å². The molecule has 0 N–H and O–H groups in total. The number of rotatable bonds is 4. The average molecular weight is 232 g/mol. The van der Waals surface area contributed by atoms with Crippen LogP contribution in [0.25, 0.3) is 0 Å². The molecule has 1 aliphatic rings. The third-order valence-corrected chi connectivity index (χ3v) is 3.38. The third-order valence-electron chi connectivity index (χ3n) is 3.38. The zero-order chi connectivity index (χ0) is 12.1. The maximum Gasteiger partial charge on any atom is 0.0233 e. The number of likely N-dealkylation sites (tertiary alicyclic amines) is 1. The quantitative estimate of drug-likeness (QED) is 0.787. The van der Waals surface area contributed by atoms with Crippen LogP contribution in [-0.2, 0) is 13.1 Å². The number of benzene rings is 1. The number of hydrogen-bond donors (Lipinski definition) is 0. The van der Waals surface area contributed by atoms with Gasteiger partial charge in [-0.2, -0.15) is 0 Å². The van der Waals surface area contributed by atoms with Gasteiger partial charge in [-0.15, -0.1) is 0 Å². The van der Waals surface area contributed by atoms with Gasteiger partial charge in [0.25, 0.3) is 0 Å². The molecular weight excluding hydrogens is 208 g/mol. The van der Waals surface area contributed by atoms with E-state index in [9.17, 15) is 0 Å². The molecule has 1 heterocycles. The predicted octanol–water partition coefficient (Wildman–Crippen LogP) is 2.73. The molecule has 0 bridgehead atoms. The molecule has 1 fully saturated rings. The Balaban J connectivity index is 1.88. The molecule has 1 saturated heterocycles. The molecule has 2 nitrogen and oxygen atoms in total. The first kappa shape index (κ1) is 12.6. The van der Waals surface area contributed by atoms with Crippen molar-refractivity contribution in [2.45, 2.75) is 32.4 Å². The Morgan fingerprint density at radius 1 is 0.941 bits per heavy atom. The van der Waals surface area contributed by atoms with Crippen LogP contribution in [0.4, 0.5) is 0 Å². The van der Waals surface area contributed by atoms with Crippen molar-refractivity contribution in [1.82, 2.24) is 9.80 Å². The Kier molecular flexibility index (Phi) is 4.57. The van der Waals surface area contributed by atoms with Gasteiger partial charge in [0, 0.05) is 13.1 Å². The normalized spacial score (nSPS) is 17.6. The average Bonchev–Trinajstić information content (AvgIpc) is 2.32. The van der Waals surface area contributed by atoms with E-state index in [2.05, 4.69) is 48.2 Å². The molecule has 0 unspecified atom stereocenters. The van der Waals surface area contributed by atoms with Crippen LogP contribution >= 0.6 is 0 Å². The Hall–Kier alpha value is -0.860. The summed E-state index contributed by atoms with van der Waals surface area (Å²) in [6.07, 6.45) is 4.16. The van der Waals surface area contributed by atoms with Crippen molar-refractivity contribution in [3.63, 3.8) is 0 Å². The minimum Gasteiger partial charge on any atom is -0.305 e.